The first-order valence-corrected chi connectivity index (χ1v) is 6.63. The number of nitrogen functional groups attached to an aromatic ring is 1. The number of hydrogen-bond donors (Lipinski definition) is 2. The van der Waals surface area contributed by atoms with E-state index in [1.807, 2.05) is 12.1 Å². The zero-order valence-corrected chi connectivity index (χ0v) is 11.3. The van der Waals surface area contributed by atoms with Gasteiger partial charge in [0.2, 0.25) is 0 Å². The van der Waals surface area contributed by atoms with Gasteiger partial charge in [-0.05, 0) is 25.1 Å². The number of rotatable bonds is 4. The fourth-order valence-electron chi connectivity index (χ4n) is 2.34. The van der Waals surface area contributed by atoms with Crippen LogP contribution in [0.3, 0.4) is 0 Å². The van der Waals surface area contributed by atoms with E-state index in [2.05, 4.69) is 30.1 Å². The van der Waals surface area contributed by atoms with Crippen LogP contribution in [0.1, 0.15) is 12.5 Å². The average Bonchev–Trinajstić information content (AvgIpc) is 2.38. The number of nitrogens with zero attached hydrogens (tertiary/aromatic N) is 1. The topological polar surface area (TPSA) is 50.5 Å². The van der Waals surface area contributed by atoms with Crippen LogP contribution in [0, 0.1) is 6.92 Å². The third-order valence-corrected chi connectivity index (χ3v) is 3.48. The molecule has 4 heteroatoms. The van der Waals surface area contributed by atoms with Crippen LogP contribution in [-0.2, 0) is 4.74 Å². The van der Waals surface area contributed by atoms with Crippen LogP contribution in [0.15, 0.2) is 18.2 Å². The zero-order chi connectivity index (χ0) is 13.0. The second-order valence-electron chi connectivity index (χ2n) is 4.81. The number of para-hydroxylation sites is 1. The molecule has 0 bridgehead atoms. The van der Waals surface area contributed by atoms with Crippen molar-refractivity contribution in [2.45, 2.75) is 20.0 Å². The van der Waals surface area contributed by atoms with Gasteiger partial charge in [-0.1, -0.05) is 19.1 Å². The van der Waals surface area contributed by atoms with Crippen molar-refractivity contribution in [3.05, 3.63) is 23.8 Å². The Kier molecular flexibility index (Phi) is 4.44. The highest BCUT2D eigenvalue weighted by atomic mass is 16.5. The summed E-state index contributed by atoms with van der Waals surface area (Å²) in [5.74, 6) is 0. The number of hydrogen-bond acceptors (Lipinski definition) is 4. The van der Waals surface area contributed by atoms with E-state index in [0.29, 0.717) is 0 Å². The highest BCUT2D eigenvalue weighted by Gasteiger charge is 2.19. The quantitative estimate of drug-likeness (QED) is 0.798. The number of morpholine rings is 1. The largest absolute Gasteiger partial charge is 0.397 e. The van der Waals surface area contributed by atoms with Crippen molar-refractivity contribution in [1.29, 1.82) is 0 Å². The molecular formula is C14H23N3O. The molecule has 1 fully saturated rings. The van der Waals surface area contributed by atoms with Crippen LogP contribution in [0.4, 0.5) is 11.4 Å². The van der Waals surface area contributed by atoms with E-state index in [0.717, 1.165) is 44.2 Å². The van der Waals surface area contributed by atoms with Gasteiger partial charge in [0.25, 0.3) is 0 Å². The average molecular weight is 249 g/mol. The van der Waals surface area contributed by atoms with E-state index in [1.165, 1.54) is 5.56 Å². The predicted octanol–water partition coefficient (Wildman–Crippen LogP) is 1.71. The summed E-state index contributed by atoms with van der Waals surface area (Å²) in [6.45, 7) is 9.02. The van der Waals surface area contributed by atoms with E-state index in [1.54, 1.807) is 0 Å². The van der Waals surface area contributed by atoms with Crippen molar-refractivity contribution in [1.82, 2.24) is 4.90 Å². The van der Waals surface area contributed by atoms with Gasteiger partial charge in [0.05, 0.1) is 24.1 Å². The molecule has 0 saturated carbocycles. The summed E-state index contributed by atoms with van der Waals surface area (Å²) in [6.07, 6.45) is 0.248. The van der Waals surface area contributed by atoms with Crippen LogP contribution in [0.2, 0.25) is 0 Å². The van der Waals surface area contributed by atoms with E-state index in [4.69, 9.17) is 10.5 Å². The number of nitrogens with two attached hydrogens (primary N) is 1. The Morgan fingerprint density at radius 3 is 3.06 bits per heavy atom. The monoisotopic (exact) mass is 249 g/mol. The van der Waals surface area contributed by atoms with E-state index < -0.39 is 0 Å². The lowest BCUT2D eigenvalue weighted by Crippen LogP contribution is -2.45. The molecule has 1 atom stereocenters. The standard InChI is InChI=1S/C14H23N3O/c1-3-17-7-8-18-12(10-17)9-16-14-11(2)5-4-6-13(14)15/h4-6,12,16H,3,7-10,15H2,1-2H3. The summed E-state index contributed by atoms with van der Waals surface area (Å²) in [5, 5.41) is 3.42. The maximum Gasteiger partial charge on any atom is 0.0874 e. The van der Waals surface area contributed by atoms with Gasteiger partial charge in [0.15, 0.2) is 0 Å². The first-order valence-electron chi connectivity index (χ1n) is 6.63. The number of ether oxygens (including phenoxy) is 1. The number of likely N-dealkylation sites (N-methyl/N-ethyl adjacent to an activating group) is 1. The molecule has 1 aliphatic heterocycles. The molecule has 4 nitrogen and oxygen atoms in total. The molecule has 0 spiro atoms. The molecular weight excluding hydrogens is 226 g/mol. The van der Waals surface area contributed by atoms with Gasteiger partial charge >= 0.3 is 0 Å². The van der Waals surface area contributed by atoms with Crippen molar-refractivity contribution in [2.75, 3.05) is 43.8 Å². The number of nitrogens with one attached hydrogen (secondary N) is 1. The summed E-state index contributed by atoms with van der Waals surface area (Å²) in [7, 11) is 0. The van der Waals surface area contributed by atoms with Gasteiger partial charge in [-0.15, -0.1) is 0 Å². The molecule has 1 unspecified atom stereocenters. The van der Waals surface area contributed by atoms with Crippen molar-refractivity contribution < 1.29 is 4.74 Å². The third kappa shape index (κ3) is 3.15. The molecule has 3 N–H and O–H groups in total. The van der Waals surface area contributed by atoms with E-state index in [-0.39, 0.29) is 6.10 Å². The van der Waals surface area contributed by atoms with Crippen molar-refractivity contribution >= 4 is 11.4 Å². The molecule has 0 radical (unpaired) electrons. The van der Waals surface area contributed by atoms with Crippen LogP contribution >= 0.6 is 0 Å². The van der Waals surface area contributed by atoms with E-state index in [9.17, 15) is 0 Å². The molecule has 0 aromatic heterocycles. The summed E-state index contributed by atoms with van der Waals surface area (Å²) < 4.78 is 5.77. The minimum Gasteiger partial charge on any atom is -0.397 e. The van der Waals surface area contributed by atoms with Gasteiger partial charge in [-0.3, -0.25) is 4.90 Å². The van der Waals surface area contributed by atoms with Gasteiger partial charge in [0, 0.05) is 19.6 Å². The Morgan fingerprint density at radius 2 is 2.33 bits per heavy atom. The van der Waals surface area contributed by atoms with Crippen molar-refractivity contribution in [3.8, 4) is 0 Å². The second kappa shape index (κ2) is 6.07. The minimum absolute atomic E-state index is 0.248. The summed E-state index contributed by atoms with van der Waals surface area (Å²) in [6, 6.07) is 5.97. The SMILES string of the molecule is CCN1CCOC(CNc2c(C)cccc2N)C1. The molecule has 1 aromatic carbocycles. The molecule has 0 amide bonds. The maximum atomic E-state index is 5.98. The summed E-state index contributed by atoms with van der Waals surface area (Å²) >= 11 is 0. The van der Waals surface area contributed by atoms with Crippen LogP contribution in [-0.4, -0.2) is 43.8 Å². The van der Waals surface area contributed by atoms with Crippen molar-refractivity contribution in [3.63, 3.8) is 0 Å². The normalized spacial score (nSPS) is 20.9. The lowest BCUT2D eigenvalue weighted by Gasteiger charge is -2.32. The molecule has 100 valence electrons. The van der Waals surface area contributed by atoms with Gasteiger partial charge in [0.1, 0.15) is 0 Å². The third-order valence-electron chi connectivity index (χ3n) is 3.48. The Labute approximate surface area is 109 Å². The smallest absolute Gasteiger partial charge is 0.0874 e. The molecule has 0 aliphatic carbocycles. The Balaban J connectivity index is 1.91. The highest BCUT2D eigenvalue weighted by Crippen LogP contribution is 2.22. The molecule has 18 heavy (non-hydrogen) atoms. The Bertz CT molecular complexity index is 374. The lowest BCUT2D eigenvalue weighted by atomic mass is 10.1. The van der Waals surface area contributed by atoms with Crippen molar-refractivity contribution in [2.24, 2.45) is 0 Å². The Hall–Kier alpha value is -1.26. The van der Waals surface area contributed by atoms with E-state index >= 15 is 0 Å². The highest BCUT2D eigenvalue weighted by molar-refractivity contribution is 5.69. The first-order chi connectivity index (χ1) is 8.70. The molecule has 1 heterocycles. The fraction of sp³-hybridized carbons (Fsp3) is 0.571. The number of anilines is 2. The van der Waals surface area contributed by atoms with Crippen LogP contribution < -0.4 is 11.1 Å². The van der Waals surface area contributed by atoms with Crippen LogP contribution in [0.5, 0.6) is 0 Å². The number of benzene rings is 1. The molecule has 1 aromatic rings. The maximum absolute atomic E-state index is 5.98. The first kappa shape index (κ1) is 13.2. The minimum atomic E-state index is 0.248. The predicted molar refractivity (Wildman–Crippen MR) is 75.9 cm³/mol. The van der Waals surface area contributed by atoms with Crippen LogP contribution in [0.25, 0.3) is 0 Å². The summed E-state index contributed by atoms with van der Waals surface area (Å²) in [5.41, 5.74) is 9.00. The fourth-order valence-corrected chi connectivity index (χ4v) is 2.34. The van der Waals surface area contributed by atoms with Gasteiger partial charge < -0.3 is 15.8 Å². The zero-order valence-electron chi connectivity index (χ0n) is 11.3. The Morgan fingerprint density at radius 1 is 1.50 bits per heavy atom. The molecule has 1 saturated heterocycles. The molecule has 2 rings (SSSR count). The van der Waals surface area contributed by atoms with Gasteiger partial charge in [-0.2, -0.15) is 0 Å². The summed E-state index contributed by atoms with van der Waals surface area (Å²) in [4.78, 5) is 2.41. The lowest BCUT2D eigenvalue weighted by molar-refractivity contribution is -0.0191. The second-order valence-corrected chi connectivity index (χ2v) is 4.81. The molecule has 1 aliphatic rings. The number of aryl methyl sites for hydroxylation is 1. The van der Waals surface area contributed by atoms with Gasteiger partial charge in [-0.25, -0.2) is 0 Å².